The number of nitrogens with two attached hydrogens (primary N) is 1. The average molecular weight is 333 g/mol. The molecule has 3 N–H and O–H groups in total. The lowest BCUT2D eigenvalue weighted by molar-refractivity contribution is 0.1000. The largest absolute Gasteiger partial charge is 0.366 e. The SMILES string of the molecule is Cc1cc(CNCc2cccc(C(N)=O)c2)ccc1Br. The van der Waals surface area contributed by atoms with E-state index in [1.807, 2.05) is 18.2 Å². The van der Waals surface area contributed by atoms with Crippen LogP contribution in [-0.4, -0.2) is 5.91 Å². The third-order valence-corrected chi connectivity index (χ3v) is 3.98. The van der Waals surface area contributed by atoms with Gasteiger partial charge in [0.05, 0.1) is 0 Å². The highest BCUT2D eigenvalue weighted by Gasteiger charge is 2.01. The third kappa shape index (κ3) is 3.92. The molecule has 2 aromatic rings. The van der Waals surface area contributed by atoms with Gasteiger partial charge in [0.1, 0.15) is 0 Å². The van der Waals surface area contributed by atoms with E-state index < -0.39 is 5.91 Å². The van der Waals surface area contributed by atoms with E-state index in [0.717, 1.165) is 16.6 Å². The zero-order valence-corrected chi connectivity index (χ0v) is 12.9. The van der Waals surface area contributed by atoms with E-state index in [2.05, 4.69) is 46.4 Å². The van der Waals surface area contributed by atoms with Crippen molar-refractivity contribution < 1.29 is 4.79 Å². The molecule has 0 bridgehead atoms. The predicted octanol–water partition coefficient (Wildman–Crippen LogP) is 3.15. The van der Waals surface area contributed by atoms with Crippen LogP contribution >= 0.6 is 15.9 Å². The molecule has 4 heteroatoms. The fourth-order valence-electron chi connectivity index (χ4n) is 2.00. The minimum atomic E-state index is -0.393. The van der Waals surface area contributed by atoms with Gasteiger partial charge in [-0.2, -0.15) is 0 Å². The first-order valence-electron chi connectivity index (χ1n) is 6.41. The van der Waals surface area contributed by atoms with E-state index in [-0.39, 0.29) is 0 Å². The maximum atomic E-state index is 11.1. The number of carbonyl (C=O) groups is 1. The number of halogens is 1. The summed E-state index contributed by atoms with van der Waals surface area (Å²) in [4.78, 5) is 11.1. The van der Waals surface area contributed by atoms with Crippen LogP contribution in [0.15, 0.2) is 46.9 Å². The number of carbonyl (C=O) groups excluding carboxylic acids is 1. The number of primary amides is 1. The van der Waals surface area contributed by atoms with Crippen molar-refractivity contribution in [2.45, 2.75) is 20.0 Å². The van der Waals surface area contributed by atoms with Gasteiger partial charge in [-0.25, -0.2) is 0 Å². The highest BCUT2D eigenvalue weighted by molar-refractivity contribution is 9.10. The lowest BCUT2D eigenvalue weighted by Crippen LogP contribution is -2.15. The Kier molecular flexibility index (Phi) is 4.93. The number of amides is 1. The van der Waals surface area contributed by atoms with Gasteiger partial charge >= 0.3 is 0 Å². The normalized spacial score (nSPS) is 10.5. The van der Waals surface area contributed by atoms with Gasteiger partial charge in [-0.15, -0.1) is 0 Å². The average Bonchev–Trinajstić information content (AvgIpc) is 2.43. The van der Waals surface area contributed by atoms with Gasteiger partial charge in [-0.1, -0.05) is 40.2 Å². The van der Waals surface area contributed by atoms with E-state index in [1.165, 1.54) is 11.1 Å². The van der Waals surface area contributed by atoms with Gasteiger partial charge in [0.15, 0.2) is 0 Å². The van der Waals surface area contributed by atoms with Crippen molar-refractivity contribution in [1.29, 1.82) is 0 Å². The minimum absolute atomic E-state index is 0.393. The van der Waals surface area contributed by atoms with E-state index in [9.17, 15) is 4.79 Å². The maximum absolute atomic E-state index is 11.1. The molecule has 20 heavy (non-hydrogen) atoms. The topological polar surface area (TPSA) is 55.1 Å². The second kappa shape index (κ2) is 6.68. The molecule has 0 saturated carbocycles. The number of nitrogens with one attached hydrogen (secondary N) is 1. The quantitative estimate of drug-likeness (QED) is 0.883. The van der Waals surface area contributed by atoms with Crippen LogP contribution in [0.4, 0.5) is 0 Å². The van der Waals surface area contributed by atoms with Gasteiger partial charge in [0.25, 0.3) is 0 Å². The Morgan fingerprint density at radius 1 is 1.15 bits per heavy atom. The maximum Gasteiger partial charge on any atom is 0.248 e. The van der Waals surface area contributed by atoms with Crippen molar-refractivity contribution in [3.8, 4) is 0 Å². The Morgan fingerprint density at radius 3 is 2.50 bits per heavy atom. The molecule has 1 amide bonds. The molecule has 2 aromatic carbocycles. The molecular formula is C16H17BrN2O. The van der Waals surface area contributed by atoms with Gasteiger partial charge in [-0.3, -0.25) is 4.79 Å². The molecule has 0 aliphatic rings. The molecule has 0 atom stereocenters. The lowest BCUT2D eigenvalue weighted by atomic mass is 10.1. The van der Waals surface area contributed by atoms with Gasteiger partial charge in [-0.05, 0) is 41.8 Å². The molecule has 0 heterocycles. The van der Waals surface area contributed by atoms with Gasteiger partial charge in [0, 0.05) is 23.1 Å². The molecule has 0 unspecified atom stereocenters. The molecule has 3 nitrogen and oxygen atoms in total. The number of hydrogen-bond donors (Lipinski definition) is 2. The predicted molar refractivity (Wildman–Crippen MR) is 84.4 cm³/mol. The molecule has 0 aliphatic heterocycles. The molecule has 0 radical (unpaired) electrons. The number of rotatable bonds is 5. The van der Waals surface area contributed by atoms with Crippen molar-refractivity contribution in [2.24, 2.45) is 5.73 Å². The molecule has 2 rings (SSSR count). The second-order valence-corrected chi connectivity index (χ2v) is 5.61. The summed E-state index contributed by atoms with van der Waals surface area (Å²) < 4.78 is 1.12. The van der Waals surface area contributed by atoms with E-state index >= 15 is 0 Å². The van der Waals surface area contributed by atoms with Crippen LogP contribution < -0.4 is 11.1 Å². The summed E-state index contributed by atoms with van der Waals surface area (Å²) in [7, 11) is 0. The Balaban J connectivity index is 1.94. The van der Waals surface area contributed by atoms with Gasteiger partial charge < -0.3 is 11.1 Å². The fraction of sp³-hybridized carbons (Fsp3) is 0.188. The Bertz CT molecular complexity index is 626. The first kappa shape index (κ1) is 14.8. The van der Waals surface area contributed by atoms with Crippen molar-refractivity contribution >= 4 is 21.8 Å². The van der Waals surface area contributed by atoms with Crippen LogP contribution in [0, 0.1) is 6.92 Å². The monoisotopic (exact) mass is 332 g/mol. The van der Waals surface area contributed by atoms with Crippen LogP contribution in [0.5, 0.6) is 0 Å². The number of hydrogen-bond acceptors (Lipinski definition) is 2. The molecule has 104 valence electrons. The first-order chi connectivity index (χ1) is 9.56. The summed E-state index contributed by atoms with van der Waals surface area (Å²) in [6, 6.07) is 13.7. The molecular weight excluding hydrogens is 316 g/mol. The summed E-state index contributed by atoms with van der Waals surface area (Å²) in [5, 5.41) is 3.36. The van der Waals surface area contributed by atoms with E-state index in [0.29, 0.717) is 12.1 Å². The van der Waals surface area contributed by atoms with Crippen LogP contribution in [0.1, 0.15) is 27.0 Å². The minimum Gasteiger partial charge on any atom is -0.366 e. The van der Waals surface area contributed by atoms with Crippen LogP contribution in [0.2, 0.25) is 0 Å². The van der Waals surface area contributed by atoms with Crippen molar-refractivity contribution in [3.63, 3.8) is 0 Å². The van der Waals surface area contributed by atoms with E-state index in [1.54, 1.807) is 6.07 Å². The first-order valence-corrected chi connectivity index (χ1v) is 7.20. The summed E-state index contributed by atoms with van der Waals surface area (Å²) in [6.07, 6.45) is 0. The molecule has 0 spiro atoms. The standard InChI is InChI=1S/C16H17BrN2O/c1-11-7-13(5-6-15(11)17)10-19-9-12-3-2-4-14(8-12)16(18)20/h2-8,19H,9-10H2,1H3,(H2,18,20). The second-order valence-electron chi connectivity index (χ2n) is 4.75. The molecule has 0 saturated heterocycles. The summed E-state index contributed by atoms with van der Waals surface area (Å²) >= 11 is 3.49. The Labute approximate surface area is 127 Å². The van der Waals surface area contributed by atoms with Crippen LogP contribution in [-0.2, 0) is 13.1 Å². The highest BCUT2D eigenvalue weighted by atomic mass is 79.9. The van der Waals surface area contributed by atoms with Crippen molar-refractivity contribution in [2.75, 3.05) is 0 Å². The van der Waals surface area contributed by atoms with E-state index in [4.69, 9.17) is 5.73 Å². The zero-order valence-electron chi connectivity index (χ0n) is 11.3. The molecule has 0 aliphatic carbocycles. The lowest BCUT2D eigenvalue weighted by Gasteiger charge is -2.07. The highest BCUT2D eigenvalue weighted by Crippen LogP contribution is 2.17. The van der Waals surface area contributed by atoms with Crippen molar-refractivity contribution in [3.05, 3.63) is 69.2 Å². The molecule has 0 aromatic heterocycles. The Morgan fingerprint density at radius 2 is 1.85 bits per heavy atom. The summed E-state index contributed by atoms with van der Waals surface area (Å²) in [5.41, 5.74) is 9.32. The molecule has 0 fully saturated rings. The smallest absolute Gasteiger partial charge is 0.248 e. The fourth-order valence-corrected chi connectivity index (χ4v) is 2.25. The number of benzene rings is 2. The third-order valence-electron chi connectivity index (χ3n) is 3.09. The zero-order chi connectivity index (χ0) is 14.5. The number of aryl methyl sites for hydroxylation is 1. The summed E-state index contributed by atoms with van der Waals surface area (Å²) in [5.74, 6) is -0.393. The van der Waals surface area contributed by atoms with Crippen LogP contribution in [0.25, 0.3) is 0 Å². The van der Waals surface area contributed by atoms with Crippen LogP contribution in [0.3, 0.4) is 0 Å². The summed E-state index contributed by atoms with van der Waals surface area (Å²) in [6.45, 7) is 3.56. The van der Waals surface area contributed by atoms with Crippen molar-refractivity contribution in [1.82, 2.24) is 5.32 Å². The Hall–Kier alpha value is -1.65. The van der Waals surface area contributed by atoms with Gasteiger partial charge in [0.2, 0.25) is 5.91 Å².